The summed E-state index contributed by atoms with van der Waals surface area (Å²) in [5.41, 5.74) is 1.15. The Balaban J connectivity index is 2.33. The molecule has 0 bridgehead atoms. The van der Waals surface area contributed by atoms with E-state index < -0.39 is 9.53 Å². The molecule has 0 aromatic heterocycles. The Kier molecular flexibility index (Phi) is 6.27. The molecule has 0 radical (unpaired) electrons. The minimum absolute atomic E-state index is 0.567. The highest BCUT2D eigenvalue weighted by Crippen LogP contribution is 2.03. The molecule has 0 saturated carbocycles. The Morgan fingerprint density at radius 2 is 1.53 bits per heavy atom. The summed E-state index contributed by atoms with van der Waals surface area (Å²) < 4.78 is 16.4. The van der Waals surface area contributed by atoms with E-state index >= 15 is 0 Å². The van der Waals surface area contributed by atoms with Crippen LogP contribution in [0.1, 0.15) is 19.4 Å². The van der Waals surface area contributed by atoms with Crippen molar-refractivity contribution in [2.45, 2.75) is 20.5 Å². The third kappa shape index (κ3) is 5.08. The van der Waals surface area contributed by atoms with Gasteiger partial charge in [0.25, 0.3) is 0 Å². The lowest BCUT2D eigenvalue weighted by molar-refractivity contribution is 0.0961. The first-order valence-corrected chi connectivity index (χ1v) is 6.67. The van der Waals surface area contributed by atoms with Crippen LogP contribution in [0.3, 0.4) is 0 Å². The van der Waals surface area contributed by atoms with Gasteiger partial charge in [0, 0.05) is 13.2 Å². The standard InChI is InChI=1S/C11H18O3Si/c1-3-12-15(13-4-2)14-10-11-8-6-5-7-9-11/h5-9,15H,3-4,10H2,1-2H3. The van der Waals surface area contributed by atoms with Crippen molar-refractivity contribution in [2.24, 2.45) is 0 Å². The Bertz CT molecular complexity index is 247. The van der Waals surface area contributed by atoms with Gasteiger partial charge in [-0.05, 0) is 19.4 Å². The van der Waals surface area contributed by atoms with Crippen molar-refractivity contribution in [1.29, 1.82) is 0 Å². The molecule has 0 aliphatic rings. The van der Waals surface area contributed by atoms with Gasteiger partial charge in [-0.2, -0.15) is 0 Å². The molecule has 0 aliphatic heterocycles. The summed E-state index contributed by atoms with van der Waals surface area (Å²) >= 11 is 0. The Labute approximate surface area is 92.9 Å². The molecule has 0 spiro atoms. The first-order valence-electron chi connectivity index (χ1n) is 5.25. The van der Waals surface area contributed by atoms with Crippen LogP contribution >= 0.6 is 0 Å². The zero-order valence-corrected chi connectivity index (χ0v) is 10.5. The molecule has 1 aromatic rings. The van der Waals surface area contributed by atoms with Crippen LogP contribution in [-0.2, 0) is 19.9 Å². The molecule has 15 heavy (non-hydrogen) atoms. The van der Waals surface area contributed by atoms with Gasteiger partial charge in [0.05, 0.1) is 6.61 Å². The van der Waals surface area contributed by atoms with Gasteiger partial charge in [0.15, 0.2) is 0 Å². The second-order valence-electron chi connectivity index (χ2n) is 3.00. The average Bonchev–Trinajstić information content (AvgIpc) is 2.28. The van der Waals surface area contributed by atoms with Crippen molar-refractivity contribution in [2.75, 3.05) is 13.2 Å². The van der Waals surface area contributed by atoms with Crippen molar-refractivity contribution in [3.63, 3.8) is 0 Å². The van der Waals surface area contributed by atoms with Gasteiger partial charge in [0.2, 0.25) is 0 Å². The van der Waals surface area contributed by atoms with E-state index in [2.05, 4.69) is 0 Å². The molecular formula is C11H18O3Si. The van der Waals surface area contributed by atoms with Crippen molar-refractivity contribution < 1.29 is 13.3 Å². The van der Waals surface area contributed by atoms with Crippen molar-refractivity contribution in [3.05, 3.63) is 35.9 Å². The lowest BCUT2D eigenvalue weighted by Crippen LogP contribution is -2.27. The van der Waals surface area contributed by atoms with E-state index in [9.17, 15) is 0 Å². The summed E-state index contributed by atoms with van der Waals surface area (Å²) in [7, 11) is -1.90. The predicted molar refractivity (Wildman–Crippen MR) is 61.6 cm³/mol. The molecule has 0 fully saturated rings. The summed E-state index contributed by atoms with van der Waals surface area (Å²) in [5.74, 6) is 0. The second-order valence-corrected chi connectivity index (χ2v) is 4.57. The van der Waals surface area contributed by atoms with Gasteiger partial charge in [-0.3, -0.25) is 0 Å². The third-order valence-corrected chi connectivity index (χ3v) is 3.48. The van der Waals surface area contributed by atoms with Crippen LogP contribution in [0.5, 0.6) is 0 Å². The molecule has 0 heterocycles. The molecule has 1 rings (SSSR count). The minimum Gasteiger partial charge on any atom is -0.376 e. The normalized spacial score (nSPS) is 10.9. The summed E-state index contributed by atoms with van der Waals surface area (Å²) in [6.45, 7) is 5.75. The highest BCUT2D eigenvalue weighted by Gasteiger charge is 2.13. The van der Waals surface area contributed by atoms with Crippen molar-refractivity contribution in [3.8, 4) is 0 Å². The van der Waals surface area contributed by atoms with E-state index in [1.807, 2.05) is 44.2 Å². The van der Waals surface area contributed by atoms with Crippen LogP contribution in [-0.4, -0.2) is 22.7 Å². The van der Waals surface area contributed by atoms with Gasteiger partial charge in [0.1, 0.15) is 0 Å². The molecule has 0 N–H and O–H groups in total. The summed E-state index contributed by atoms with van der Waals surface area (Å²) in [5, 5.41) is 0. The fourth-order valence-electron chi connectivity index (χ4n) is 1.16. The van der Waals surface area contributed by atoms with Crippen LogP contribution in [0, 0.1) is 0 Å². The summed E-state index contributed by atoms with van der Waals surface area (Å²) in [6.07, 6.45) is 0. The lowest BCUT2D eigenvalue weighted by Gasteiger charge is -2.14. The molecule has 0 amide bonds. The van der Waals surface area contributed by atoms with Crippen LogP contribution in [0.15, 0.2) is 30.3 Å². The van der Waals surface area contributed by atoms with Gasteiger partial charge in [-0.1, -0.05) is 30.3 Å². The Morgan fingerprint density at radius 3 is 2.07 bits per heavy atom. The fourth-order valence-corrected chi connectivity index (χ4v) is 2.32. The first kappa shape index (κ1) is 12.4. The van der Waals surface area contributed by atoms with E-state index in [-0.39, 0.29) is 0 Å². The fraction of sp³-hybridized carbons (Fsp3) is 0.455. The number of rotatable bonds is 7. The van der Waals surface area contributed by atoms with E-state index in [1.54, 1.807) is 0 Å². The zero-order valence-electron chi connectivity index (χ0n) is 9.31. The topological polar surface area (TPSA) is 27.7 Å². The highest BCUT2D eigenvalue weighted by atomic mass is 28.3. The van der Waals surface area contributed by atoms with Crippen molar-refractivity contribution >= 4 is 9.53 Å². The molecule has 0 aliphatic carbocycles. The highest BCUT2D eigenvalue weighted by molar-refractivity contribution is 6.36. The van der Waals surface area contributed by atoms with E-state index in [1.165, 1.54) is 0 Å². The molecule has 0 atom stereocenters. The van der Waals surface area contributed by atoms with Gasteiger partial charge >= 0.3 is 9.53 Å². The second kappa shape index (κ2) is 7.59. The number of hydrogen-bond donors (Lipinski definition) is 0. The summed E-state index contributed by atoms with van der Waals surface area (Å²) in [6, 6.07) is 10.0. The number of benzene rings is 1. The largest absolute Gasteiger partial charge is 0.484 e. The first-order chi connectivity index (χ1) is 7.36. The third-order valence-electron chi connectivity index (χ3n) is 1.83. The molecule has 3 nitrogen and oxygen atoms in total. The maximum Gasteiger partial charge on any atom is 0.484 e. The smallest absolute Gasteiger partial charge is 0.376 e. The zero-order chi connectivity index (χ0) is 10.9. The average molecular weight is 226 g/mol. The predicted octanol–water partition coefficient (Wildman–Crippen LogP) is 1.99. The van der Waals surface area contributed by atoms with Crippen LogP contribution < -0.4 is 0 Å². The number of hydrogen-bond acceptors (Lipinski definition) is 3. The van der Waals surface area contributed by atoms with E-state index in [0.29, 0.717) is 19.8 Å². The summed E-state index contributed by atoms with van der Waals surface area (Å²) in [4.78, 5) is 0. The van der Waals surface area contributed by atoms with E-state index in [0.717, 1.165) is 5.56 Å². The molecule has 84 valence electrons. The molecule has 0 unspecified atom stereocenters. The van der Waals surface area contributed by atoms with Crippen LogP contribution in [0.2, 0.25) is 0 Å². The SMILES string of the molecule is CCO[SiH](OCC)OCc1ccccc1. The quantitative estimate of drug-likeness (QED) is 0.666. The molecular weight excluding hydrogens is 208 g/mol. The van der Waals surface area contributed by atoms with Crippen LogP contribution in [0.4, 0.5) is 0 Å². The van der Waals surface area contributed by atoms with Gasteiger partial charge in [-0.25, -0.2) is 0 Å². The lowest BCUT2D eigenvalue weighted by atomic mass is 10.2. The maximum atomic E-state index is 5.60. The van der Waals surface area contributed by atoms with Crippen LogP contribution in [0.25, 0.3) is 0 Å². The van der Waals surface area contributed by atoms with E-state index in [4.69, 9.17) is 13.3 Å². The monoisotopic (exact) mass is 226 g/mol. The van der Waals surface area contributed by atoms with Gasteiger partial charge < -0.3 is 13.3 Å². The Morgan fingerprint density at radius 1 is 0.933 bits per heavy atom. The van der Waals surface area contributed by atoms with Crippen molar-refractivity contribution in [1.82, 2.24) is 0 Å². The molecule has 4 heteroatoms. The molecule has 0 saturated heterocycles. The molecule has 1 aromatic carbocycles. The minimum atomic E-state index is -1.90. The maximum absolute atomic E-state index is 5.60. The van der Waals surface area contributed by atoms with Gasteiger partial charge in [-0.15, -0.1) is 0 Å². The Hall–Kier alpha value is -0.683.